The fourth-order valence-electron chi connectivity index (χ4n) is 1.33. The Labute approximate surface area is 96.1 Å². The van der Waals surface area contributed by atoms with Crippen LogP contribution in [0.2, 0.25) is 0 Å². The van der Waals surface area contributed by atoms with E-state index in [1.165, 1.54) is 0 Å². The highest BCUT2D eigenvalue weighted by atomic mass is 79.9. The highest BCUT2D eigenvalue weighted by Crippen LogP contribution is 2.17. The molecule has 2 rings (SSSR count). The van der Waals surface area contributed by atoms with Crippen LogP contribution in [0.25, 0.3) is 5.69 Å². The molecule has 1 heterocycles. The van der Waals surface area contributed by atoms with E-state index in [9.17, 15) is 0 Å². The Hall–Kier alpha value is -1.60. The zero-order valence-electron chi connectivity index (χ0n) is 8.11. The molecule has 74 valence electrons. The van der Waals surface area contributed by atoms with Gasteiger partial charge < -0.3 is 0 Å². The van der Waals surface area contributed by atoms with Gasteiger partial charge in [-0.1, -0.05) is 12.1 Å². The average molecular weight is 262 g/mol. The van der Waals surface area contributed by atoms with Crippen LogP contribution in [0.1, 0.15) is 11.3 Å². The molecule has 0 fully saturated rings. The van der Waals surface area contributed by atoms with Crippen molar-refractivity contribution in [2.24, 2.45) is 0 Å². The molecule has 1 aromatic heterocycles. The second-order valence-electron chi connectivity index (χ2n) is 3.22. The Balaban J connectivity index is 2.51. The molecule has 0 saturated carbocycles. The van der Waals surface area contributed by atoms with Crippen molar-refractivity contribution in [3.63, 3.8) is 0 Å². The van der Waals surface area contributed by atoms with Crippen molar-refractivity contribution in [3.8, 4) is 11.8 Å². The van der Waals surface area contributed by atoms with Gasteiger partial charge in [0.25, 0.3) is 0 Å². The van der Waals surface area contributed by atoms with Gasteiger partial charge >= 0.3 is 0 Å². The molecule has 3 nitrogen and oxygen atoms in total. The van der Waals surface area contributed by atoms with Gasteiger partial charge in [-0.15, -0.1) is 0 Å². The quantitative estimate of drug-likeness (QED) is 0.792. The summed E-state index contributed by atoms with van der Waals surface area (Å²) < 4.78 is 2.40. The van der Waals surface area contributed by atoms with Gasteiger partial charge in [0.15, 0.2) is 5.69 Å². The summed E-state index contributed by atoms with van der Waals surface area (Å²) in [6.07, 6.45) is 1.79. The molecule has 1 aromatic carbocycles. The maximum atomic E-state index is 8.78. The van der Waals surface area contributed by atoms with E-state index in [4.69, 9.17) is 5.26 Å². The minimum atomic E-state index is 0.400. The first kappa shape index (κ1) is 9.94. The summed E-state index contributed by atoms with van der Waals surface area (Å²) in [6.45, 7) is 2.02. The van der Waals surface area contributed by atoms with E-state index in [-0.39, 0.29) is 0 Å². The molecule has 0 bridgehead atoms. The van der Waals surface area contributed by atoms with Gasteiger partial charge in [-0.25, -0.2) is 4.68 Å². The smallest absolute Gasteiger partial charge is 0.177 e. The second kappa shape index (κ2) is 3.87. The van der Waals surface area contributed by atoms with Gasteiger partial charge in [-0.05, 0) is 40.5 Å². The molecule has 0 N–H and O–H groups in total. The van der Waals surface area contributed by atoms with E-state index in [0.29, 0.717) is 10.2 Å². The van der Waals surface area contributed by atoms with Crippen LogP contribution >= 0.6 is 15.9 Å². The van der Waals surface area contributed by atoms with E-state index < -0.39 is 0 Å². The zero-order valence-corrected chi connectivity index (χ0v) is 9.69. The maximum absolute atomic E-state index is 8.78. The van der Waals surface area contributed by atoms with Gasteiger partial charge in [0, 0.05) is 6.20 Å². The molecule has 0 spiro atoms. The van der Waals surface area contributed by atoms with Crippen molar-refractivity contribution >= 4 is 15.9 Å². The highest BCUT2D eigenvalue weighted by Gasteiger charge is 2.06. The summed E-state index contributed by atoms with van der Waals surface area (Å²) in [5.41, 5.74) is 2.52. The SMILES string of the molecule is Cc1cccc(-n2cc(Br)c(C#N)n2)c1. The summed E-state index contributed by atoms with van der Waals surface area (Å²) in [5, 5.41) is 12.9. The van der Waals surface area contributed by atoms with Gasteiger partial charge in [0.05, 0.1) is 10.2 Å². The van der Waals surface area contributed by atoms with Crippen LogP contribution in [0.5, 0.6) is 0 Å². The van der Waals surface area contributed by atoms with Gasteiger partial charge in [-0.2, -0.15) is 10.4 Å². The lowest BCUT2D eigenvalue weighted by molar-refractivity contribution is 0.872. The van der Waals surface area contributed by atoms with E-state index in [1.54, 1.807) is 10.9 Å². The molecule has 0 aliphatic carbocycles. The molecular formula is C11H8BrN3. The van der Waals surface area contributed by atoms with E-state index in [2.05, 4.69) is 21.0 Å². The van der Waals surface area contributed by atoms with Crippen molar-refractivity contribution in [2.75, 3.05) is 0 Å². The van der Waals surface area contributed by atoms with Crippen molar-refractivity contribution < 1.29 is 0 Å². The van der Waals surface area contributed by atoms with Gasteiger partial charge in [0.2, 0.25) is 0 Å². The van der Waals surface area contributed by atoms with Crippen LogP contribution in [0.3, 0.4) is 0 Å². The number of halogens is 1. The largest absolute Gasteiger partial charge is 0.238 e. The summed E-state index contributed by atoms with van der Waals surface area (Å²) in [5.74, 6) is 0. The first-order chi connectivity index (χ1) is 7.20. The molecule has 0 radical (unpaired) electrons. The normalized spacial score (nSPS) is 9.93. The highest BCUT2D eigenvalue weighted by molar-refractivity contribution is 9.10. The summed E-state index contributed by atoms with van der Waals surface area (Å²) in [6, 6.07) is 9.97. The Morgan fingerprint density at radius 2 is 2.27 bits per heavy atom. The van der Waals surface area contributed by atoms with Crippen LogP contribution in [0.15, 0.2) is 34.9 Å². The molecule has 0 saturated heterocycles. The monoisotopic (exact) mass is 261 g/mol. The lowest BCUT2D eigenvalue weighted by Crippen LogP contribution is -1.94. The summed E-state index contributed by atoms with van der Waals surface area (Å²) in [4.78, 5) is 0. The molecule has 2 aromatic rings. The first-order valence-electron chi connectivity index (χ1n) is 4.43. The van der Waals surface area contributed by atoms with Crippen LogP contribution in [-0.4, -0.2) is 9.78 Å². The molecule has 4 heteroatoms. The molecule has 0 amide bonds. The Morgan fingerprint density at radius 3 is 2.87 bits per heavy atom. The number of rotatable bonds is 1. The van der Waals surface area contributed by atoms with Crippen molar-refractivity contribution in [3.05, 3.63) is 46.2 Å². The number of aromatic nitrogens is 2. The number of nitrogens with zero attached hydrogens (tertiary/aromatic N) is 3. The maximum Gasteiger partial charge on any atom is 0.177 e. The third kappa shape index (κ3) is 1.92. The predicted molar refractivity (Wildman–Crippen MR) is 60.7 cm³/mol. The third-order valence-electron chi connectivity index (χ3n) is 2.04. The molecule has 0 unspecified atom stereocenters. The summed E-state index contributed by atoms with van der Waals surface area (Å²) >= 11 is 3.29. The fraction of sp³-hybridized carbons (Fsp3) is 0.0909. The van der Waals surface area contributed by atoms with Crippen molar-refractivity contribution in [1.29, 1.82) is 5.26 Å². The molecule has 0 aliphatic heterocycles. The third-order valence-corrected chi connectivity index (χ3v) is 2.62. The Bertz CT molecular complexity index is 537. The lowest BCUT2D eigenvalue weighted by Gasteiger charge is -2.00. The number of nitriles is 1. The van der Waals surface area contributed by atoms with E-state index in [1.807, 2.05) is 37.3 Å². The van der Waals surface area contributed by atoms with Gasteiger partial charge in [0.1, 0.15) is 6.07 Å². The number of hydrogen-bond donors (Lipinski definition) is 0. The molecule has 15 heavy (non-hydrogen) atoms. The standard InChI is InChI=1S/C11H8BrN3/c1-8-3-2-4-9(5-8)15-7-10(12)11(6-13)14-15/h2-5,7H,1H3. The molecule has 0 aliphatic rings. The van der Waals surface area contributed by atoms with Crippen molar-refractivity contribution in [1.82, 2.24) is 9.78 Å². The Morgan fingerprint density at radius 1 is 1.47 bits per heavy atom. The minimum absolute atomic E-state index is 0.400. The lowest BCUT2D eigenvalue weighted by atomic mass is 10.2. The predicted octanol–water partition coefficient (Wildman–Crippen LogP) is 2.81. The fourth-order valence-corrected chi connectivity index (χ4v) is 1.69. The average Bonchev–Trinajstić information content (AvgIpc) is 2.60. The molecular weight excluding hydrogens is 254 g/mol. The second-order valence-corrected chi connectivity index (χ2v) is 4.08. The number of aryl methyl sites for hydroxylation is 1. The number of hydrogen-bond acceptors (Lipinski definition) is 2. The minimum Gasteiger partial charge on any atom is -0.238 e. The topological polar surface area (TPSA) is 41.6 Å². The first-order valence-corrected chi connectivity index (χ1v) is 5.22. The van der Waals surface area contributed by atoms with Crippen LogP contribution < -0.4 is 0 Å². The number of benzene rings is 1. The van der Waals surface area contributed by atoms with Crippen molar-refractivity contribution in [2.45, 2.75) is 6.92 Å². The van der Waals surface area contributed by atoms with E-state index >= 15 is 0 Å². The molecule has 0 atom stereocenters. The zero-order chi connectivity index (χ0) is 10.8. The summed E-state index contributed by atoms with van der Waals surface area (Å²) in [7, 11) is 0. The van der Waals surface area contributed by atoms with Crippen LogP contribution in [0.4, 0.5) is 0 Å². The van der Waals surface area contributed by atoms with Gasteiger partial charge in [-0.3, -0.25) is 0 Å². The van der Waals surface area contributed by atoms with E-state index in [0.717, 1.165) is 11.3 Å². The van der Waals surface area contributed by atoms with Crippen LogP contribution in [0, 0.1) is 18.3 Å². The Kier molecular flexibility index (Phi) is 2.57. The van der Waals surface area contributed by atoms with Crippen LogP contribution in [-0.2, 0) is 0 Å².